The number of benzene rings is 1. The average Bonchev–Trinajstić information content (AvgIpc) is 2.87. The molecule has 5 heteroatoms. The molecule has 2 heterocycles. The topological polar surface area (TPSA) is 42.7 Å². The smallest absolute Gasteiger partial charge is 0.207 e. The molecule has 4 nitrogen and oxygen atoms in total. The largest absolute Gasteiger partial charge is 0.350 e. The fraction of sp³-hybridized carbons (Fsp3) is 0.167. The van der Waals surface area contributed by atoms with E-state index in [1.807, 2.05) is 14.0 Å². The van der Waals surface area contributed by atoms with Crippen LogP contribution in [0.4, 0.5) is 10.8 Å². The summed E-state index contributed by atoms with van der Waals surface area (Å²) in [6.45, 7) is 1.89. The van der Waals surface area contributed by atoms with Crippen molar-refractivity contribution in [1.82, 2.24) is 13.9 Å². The Labute approximate surface area is 103 Å². The van der Waals surface area contributed by atoms with Crippen molar-refractivity contribution in [2.24, 2.45) is 7.05 Å². The maximum atomic E-state index is 4.29. The van der Waals surface area contributed by atoms with Gasteiger partial charge >= 0.3 is 0 Å². The van der Waals surface area contributed by atoms with Gasteiger partial charge in [0.1, 0.15) is 5.82 Å². The standard InChI is InChI=1S/C12H12N4S/c1-8-13-12(17-15-8)14-10-4-3-9-5-6-16(2)11(9)7-10/h3-7H,1-2H3,(H,13,14,15). The van der Waals surface area contributed by atoms with E-state index < -0.39 is 0 Å². The van der Waals surface area contributed by atoms with Gasteiger partial charge in [0.25, 0.3) is 0 Å². The van der Waals surface area contributed by atoms with Gasteiger partial charge < -0.3 is 9.88 Å². The second-order valence-electron chi connectivity index (χ2n) is 3.97. The molecule has 0 saturated heterocycles. The van der Waals surface area contributed by atoms with Crippen LogP contribution in [0.25, 0.3) is 10.9 Å². The zero-order valence-corrected chi connectivity index (χ0v) is 10.5. The summed E-state index contributed by atoms with van der Waals surface area (Å²) < 4.78 is 6.25. The molecular weight excluding hydrogens is 232 g/mol. The highest BCUT2D eigenvalue weighted by Gasteiger charge is 2.03. The average molecular weight is 244 g/mol. The van der Waals surface area contributed by atoms with Crippen LogP contribution in [0.1, 0.15) is 5.82 Å². The first-order chi connectivity index (χ1) is 8.22. The van der Waals surface area contributed by atoms with Crippen molar-refractivity contribution in [2.75, 3.05) is 5.32 Å². The van der Waals surface area contributed by atoms with Crippen LogP contribution in [0.3, 0.4) is 0 Å². The van der Waals surface area contributed by atoms with Gasteiger partial charge in [-0.05, 0) is 30.5 Å². The Balaban J connectivity index is 1.97. The quantitative estimate of drug-likeness (QED) is 0.753. The number of hydrogen-bond donors (Lipinski definition) is 1. The molecule has 0 saturated carbocycles. The van der Waals surface area contributed by atoms with Crippen LogP contribution in [0.15, 0.2) is 30.5 Å². The Kier molecular flexibility index (Phi) is 2.33. The Hall–Kier alpha value is -1.88. The number of aromatic nitrogens is 3. The lowest BCUT2D eigenvalue weighted by Gasteiger charge is -2.03. The summed E-state index contributed by atoms with van der Waals surface area (Å²) >= 11 is 1.38. The van der Waals surface area contributed by atoms with Crippen molar-refractivity contribution < 1.29 is 0 Å². The van der Waals surface area contributed by atoms with Crippen LogP contribution < -0.4 is 5.32 Å². The molecule has 0 fully saturated rings. The molecule has 0 radical (unpaired) electrons. The molecule has 2 aromatic heterocycles. The van der Waals surface area contributed by atoms with E-state index in [1.54, 1.807) is 0 Å². The Morgan fingerprint density at radius 1 is 1.29 bits per heavy atom. The number of anilines is 2. The van der Waals surface area contributed by atoms with Crippen molar-refractivity contribution in [2.45, 2.75) is 6.92 Å². The zero-order valence-electron chi connectivity index (χ0n) is 9.64. The minimum absolute atomic E-state index is 0.803. The molecule has 0 aliphatic carbocycles. The highest BCUT2D eigenvalue weighted by Crippen LogP contribution is 2.23. The SMILES string of the molecule is Cc1nsc(Nc2ccc3ccn(C)c3c2)n1. The lowest BCUT2D eigenvalue weighted by atomic mass is 10.2. The van der Waals surface area contributed by atoms with Gasteiger partial charge in [-0.15, -0.1) is 0 Å². The molecule has 0 aliphatic rings. The maximum Gasteiger partial charge on any atom is 0.207 e. The van der Waals surface area contributed by atoms with Gasteiger partial charge in [-0.3, -0.25) is 0 Å². The van der Waals surface area contributed by atoms with Crippen molar-refractivity contribution in [3.63, 3.8) is 0 Å². The first-order valence-corrected chi connectivity index (χ1v) is 6.12. The van der Waals surface area contributed by atoms with E-state index in [1.165, 1.54) is 22.4 Å². The number of hydrogen-bond acceptors (Lipinski definition) is 4. The summed E-state index contributed by atoms with van der Waals surface area (Å²) in [5.41, 5.74) is 2.24. The number of fused-ring (bicyclic) bond motifs is 1. The molecule has 0 amide bonds. The molecule has 1 N–H and O–H groups in total. The summed E-state index contributed by atoms with van der Waals surface area (Å²) in [5.74, 6) is 0.803. The van der Waals surface area contributed by atoms with Gasteiger partial charge in [0.2, 0.25) is 5.13 Å². The van der Waals surface area contributed by atoms with Gasteiger partial charge in [0, 0.05) is 36.0 Å². The highest BCUT2D eigenvalue weighted by molar-refractivity contribution is 7.09. The molecular formula is C12H12N4S. The van der Waals surface area contributed by atoms with E-state index in [4.69, 9.17) is 0 Å². The fourth-order valence-corrected chi connectivity index (χ4v) is 2.41. The van der Waals surface area contributed by atoms with E-state index in [-0.39, 0.29) is 0 Å². The summed E-state index contributed by atoms with van der Waals surface area (Å²) in [5, 5.41) is 5.34. The second-order valence-corrected chi connectivity index (χ2v) is 4.72. The molecule has 17 heavy (non-hydrogen) atoms. The predicted molar refractivity (Wildman–Crippen MR) is 70.8 cm³/mol. The van der Waals surface area contributed by atoms with Gasteiger partial charge in [-0.2, -0.15) is 4.37 Å². The van der Waals surface area contributed by atoms with Crippen molar-refractivity contribution in [3.05, 3.63) is 36.3 Å². The van der Waals surface area contributed by atoms with Crippen LogP contribution in [-0.2, 0) is 7.05 Å². The number of aryl methyl sites for hydroxylation is 2. The fourth-order valence-electron chi connectivity index (χ4n) is 1.81. The van der Waals surface area contributed by atoms with Gasteiger partial charge in [0.05, 0.1) is 0 Å². The van der Waals surface area contributed by atoms with E-state index in [0.717, 1.165) is 16.6 Å². The maximum absolute atomic E-state index is 4.29. The normalized spacial score (nSPS) is 10.9. The van der Waals surface area contributed by atoms with Crippen molar-refractivity contribution >= 4 is 33.3 Å². The summed E-state index contributed by atoms with van der Waals surface area (Å²) in [4.78, 5) is 4.29. The molecule has 0 unspecified atom stereocenters. The molecule has 0 spiro atoms. The van der Waals surface area contributed by atoms with Crippen LogP contribution in [0.5, 0.6) is 0 Å². The lowest BCUT2D eigenvalue weighted by Crippen LogP contribution is -1.91. The van der Waals surface area contributed by atoms with E-state index in [0.29, 0.717) is 0 Å². The summed E-state index contributed by atoms with van der Waals surface area (Å²) in [6, 6.07) is 8.38. The van der Waals surface area contributed by atoms with Crippen molar-refractivity contribution in [3.8, 4) is 0 Å². The highest BCUT2D eigenvalue weighted by atomic mass is 32.1. The Morgan fingerprint density at radius 3 is 2.94 bits per heavy atom. The third kappa shape index (κ3) is 1.89. The van der Waals surface area contributed by atoms with E-state index >= 15 is 0 Å². The van der Waals surface area contributed by atoms with Crippen molar-refractivity contribution in [1.29, 1.82) is 0 Å². The Bertz CT molecular complexity index is 668. The lowest BCUT2D eigenvalue weighted by molar-refractivity contribution is 0.969. The molecule has 86 valence electrons. The molecule has 0 atom stereocenters. The first-order valence-electron chi connectivity index (χ1n) is 5.35. The molecule has 1 aromatic carbocycles. The predicted octanol–water partition coefficient (Wildman–Crippen LogP) is 3.08. The van der Waals surface area contributed by atoms with Gasteiger partial charge in [0.15, 0.2) is 0 Å². The first kappa shape index (κ1) is 10.3. The zero-order chi connectivity index (χ0) is 11.8. The van der Waals surface area contributed by atoms with E-state index in [2.05, 4.69) is 49.7 Å². The summed E-state index contributed by atoms with van der Waals surface area (Å²) in [7, 11) is 2.04. The van der Waals surface area contributed by atoms with Gasteiger partial charge in [-0.25, -0.2) is 4.98 Å². The van der Waals surface area contributed by atoms with Crippen LogP contribution >= 0.6 is 11.5 Å². The molecule has 0 bridgehead atoms. The second kappa shape index (κ2) is 3.85. The molecule has 0 aliphatic heterocycles. The minimum Gasteiger partial charge on any atom is -0.350 e. The summed E-state index contributed by atoms with van der Waals surface area (Å²) in [6.07, 6.45) is 2.06. The third-order valence-electron chi connectivity index (χ3n) is 2.67. The van der Waals surface area contributed by atoms with E-state index in [9.17, 15) is 0 Å². The number of rotatable bonds is 2. The molecule has 3 aromatic rings. The van der Waals surface area contributed by atoms with Crippen LogP contribution in [0.2, 0.25) is 0 Å². The van der Waals surface area contributed by atoms with Crippen LogP contribution in [-0.4, -0.2) is 13.9 Å². The number of nitrogens with zero attached hydrogens (tertiary/aromatic N) is 3. The Morgan fingerprint density at radius 2 is 2.18 bits per heavy atom. The van der Waals surface area contributed by atoms with Crippen LogP contribution in [0, 0.1) is 6.92 Å². The number of nitrogens with one attached hydrogen (secondary N) is 1. The molecule has 3 rings (SSSR count). The third-order valence-corrected chi connectivity index (χ3v) is 3.39. The monoisotopic (exact) mass is 244 g/mol. The van der Waals surface area contributed by atoms with Gasteiger partial charge in [-0.1, -0.05) is 6.07 Å². The minimum atomic E-state index is 0.803.